The molecule has 0 aliphatic rings. The molecule has 28 heavy (non-hydrogen) atoms. The predicted molar refractivity (Wildman–Crippen MR) is 106 cm³/mol. The fourth-order valence-corrected chi connectivity index (χ4v) is 2.80. The highest BCUT2D eigenvalue weighted by Crippen LogP contribution is 2.23. The number of rotatable bonds is 5. The molecule has 0 saturated heterocycles. The highest BCUT2D eigenvalue weighted by molar-refractivity contribution is 5.92. The third kappa shape index (κ3) is 3.98. The Morgan fingerprint density at radius 2 is 2.04 bits per heavy atom. The van der Waals surface area contributed by atoms with Gasteiger partial charge in [-0.25, -0.2) is 15.0 Å². The van der Waals surface area contributed by atoms with Crippen LogP contribution in [-0.4, -0.2) is 31.9 Å². The highest BCUT2D eigenvalue weighted by atomic mass is 16.5. The van der Waals surface area contributed by atoms with E-state index in [1.165, 1.54) is 0 Å². The van der Waals surface area contributed by atoms with Crippen LogP contribution in [0.1, 0.15) is 11.3 Å². The van der Waals surface area contributed by atoms with Gasteiger partial charge in [0.1, 0.15) is 5.65 Å². The molecule has 0 bridgehead atoms. The zero-order valence-electron chi connectivity index (χ0n) is 15.6. The predicted octanol–water partition coefficient (Wildman–Crippen LogP) is 3.43. The number of benzene rings is 1. The first-order chi connectivity index (χ1) is 13.6. The van der Waals surface area contributed by atoms with Gasteiger partial charge < -0.3 is 14.5 Å². The largest absolute Gasteiger partial charge is 0.453 e. The van der Waals surface area contributed by atoms with Gasteiger partial charge in [-0.2, -0.15) is 0 Å². The molecular formula is C21H19N5O2. The summed E-state index contributed by atoms with van der Waals surface area (Å²) in [5.74, 6) is -0.284. The molecule has 0 aliphatic heterocycles. The van der Waals surface area contributed by atoms with Crippen LogP contribution in [0.2, 0.25) is 0 Å². The molecule has 3 aromatic heterocycles. The van der Waals surface area contributed by atoms with Crippen molar-refractivity contribution in [2.45, 2.75) is 13.8 Å². The molecule has 3 heterocycles. The number of aryl methyl sites for hydroxylation is 2. The molecule has 1 amide bonds. The molecule has 0 fully saturated rings. The second kappa shape index (κ2) is 7.48. The van der Waals surface area contributed by atoms with Gasteiger partial charge in [-0.05, 0) is 49.7 Å². The monoisotopic (exact) mass is 373 g/mol. The van der Waals surface area contributed by atoms with Crippen molar-refractivity contribution in [3.05, 3.63) is 72.3 Å². The second-order valence-electron chi connectivity index (χ2n) is 6.49. The summed E-state index contributed by atoms with van der Waals surface area (Å²) in [6, 6.07) is 13.6. The van der Waals surface area contributed by atoms with Crippen LogP contribution in [0.5, 0.6) is 6.01 Å². The molecule has 0 unspecified atom stereocenters. The first-order valence-corrected chi connectivity index (χ1v) is 8.85. The molecule has 4 rings (SSSR count). The minimum Gasteiger partial charge on any atom is -0.453 e. The molecular weight excluding hydrogens is 354 g/mol. The summed E-state index contributed by atoms with van der Waals surface area (Å²) in [4.78, 5) is 24.9. The third-order valence-corrected chi connectivity index (χ3v) is 4.16. The summed E-state index contributed by atoms with van der Waals surface area (Å²) in [5.41, 5.74) is 5.25. The summed E-state index contributed by atoms with van der Waals surface area (Å²) >= 11 is 0. The Morgan fingerprint density at radius 1 is 1.14 bits per heavy atom. The highest BCUT2D eigenvalue weighted by Gasteiger charge is 2.09. The van der Waals surface area contributed by atoms with E-state index in [0.717, 1.165) is 28.2 Å². The topological polar surface area (TPSA) is 81.4 Å². The van der Waals surface area contributed by atoms with Gasteiger partial charge in [-0.3, -0.25) is 4.79 Å². The fourth-order valence-electron chi connectivity index (χ4n) is 2.80. The molecule has 4 aromatic rings. The standard InChI is InChI=1S/C21H19N5O2/c1-14-7-9-26-12-18(25-19(26)10-14)16-4-3-5-17(11-16)24-20(27)13-28-21-22-8-6-15(2)23-21/h3-12H,13H2,1-2H3,(H,24,27). The molecule has 140 valence electrons. The van der Waals surface area contributed by atoms with Crippen LogP contribution < -0.4 is 10.1 Å². The number of carbonyl (C=O) groups excluding carboxylic acids is 1. The maximum Gasteiger partial charge on any atom is 0.317 e. The molecule has 0 atom stereocenters. The lowest BCUT2D eigenvalue weighted by atomic mass is 10.1. The molecule has 1 N–H and O–H groups in total. The van der Waals surface area contributed by atoms with Crippen LogP contribution in [0.25, 0.3) is 16.9 Å². The Hall–Kier alpha value is -3.74. The van der Waals surface area contributed by atoms with Crippen molar-refractivity contribution >= 4 is 17.2 Å². The Morgan fingerprint density at radius 3 is 2.89 bits per heavy atom. The number of amides is 1. The number of carbonyl (C=O) groups is 1. The van der Waals surface area contributed by atoms with Crippen LogP contribution in [0.3, 0.4) is 0 Å². The number of anilines is 1. The van der Waals surface area contributed by atoms with Crippen LogP contribution in [-0.2, 0) is 4.79 Å². The molecule has 0 saturated carbocycles. The number of aromatic nitrogens is 4. The van der Waals surface area contributed by atoms with Crippen molar-refractivity contribution in [2.75, 3.05) is 11.9 Å². The molecule has 7 heteroatoms. The summed E-state index contributed by atoms with van der Waals surface area (Å²) in [6.45, 7) is 3.70. The smallest absolute Gasteiger partial charge is 0.317 e. The maximum atomic E-state index is 12.2. The molecule has 7 nitrogen and oxygen atoms in total. The van der Waals surface area contributed by atoms with Crippen LogP contribution in [0, 0.1) is 13.8 Å². The summed E-state index contributed by atoms with van der Waals surface area (Å²) in [6.07, 6.45) is 5.54. The SMILES string of the molecule is Cc1ccn2cc(-c3cccc(NC(=O)COc4nccc(C)n4)c3)nc2c1. The van der Waals surface area contributed by atoms with E-state index in [-0.39, 0.29) is 18.5 Å². The van der Waals surface area contributed by atoms with Crippen molar-refractivity contribution in [2.24, 2.45) is 0 Å². The van der Waals surface area contributed by atoms with Gasteiger partial charge in [0.15, 0.2) is 6.61 Å². The lowest BCUT2D eigenvalue weighted by Crippen LogP contribution is -2.20. The lowest BCUT2D eigenvalue weighted by molar-refractivity contribution is -0.118. The van der Waals surface area contributed by atoms with E-state index in [0.29, 0.717) is 5.69 Å². The zero-order chi connectivity index (χ0) is 19.5. The minimum absolute atomic E-state index is 0.165. The van der Waals surface area contributed by atoms with E-state index in [9.17, 15) is 4.79 Å². The quantitative estimate of drug-likeness (QED) is 0.580. The van der Waals surface area contributed by atoms with Crippen molar-refractivity contribution in [1.82, 2.24) is 19.4 Å². The molecule has 0 radical (unpaired) electrons. The number of ether oxygens (including phenoxy) is 1. The maximum absolute atomic E-state index is 12.2. The van der Waals surface area contributed by atoms with Crippen LogP contribution in [0.4, 0.5) is 5.69 Å². The van der Waals surface area contributed by atoms with Gasteiger partial charge in [0.05, 0.1) is 5.69 Å². The van der Waals surface area contributed by atoms with Gasteiger partial charge in [0.2, 0.25) is 0 Å². The van der Waals surface area contributed by atoms with Crippen molar-refractivity contribution in [3.8, 4) is 17.3 Å². The average molecular weight is 373 g/mol. The molecule has 0 aliphatic carbocycles. The van der Waals surface area contributed by atoms with Crippen LogP contribution in [0.15, 0.2) is 61.1 Å². The first kappa shape index (κ1) is 17.7. The number of hydrogen-bond acceptors (Lipinski definition) is 5. The normalized spacial score (nSPS) is 10.8. The van der Waals surface area contributed by atoms with E-state index in [1.807, 2.05) is 67.0 Å². The summed E-state index contributed by atoms with van der Waals surface area (Å²) in [7, 11) is 0. The van der Waals surface area contributed by atoms with E-state index in [2.05, 4.69) is 20.3 Å². The molecule has 0 spiro atoms. The number of fused-ring (bicyclic) bond motifs is 1. The number of hydrogen-bond donors (Lipinski definition) is 1. The van der Waals surface area contributed by atoms with E-state index in [4.69, 9.17) is 4.74 Å². The Labute approximate surface area is 162 Å². The summed E-state index contributed by atoms with van der Waals surface area (Å²) < 4.78 is 7.31. The summed E-state index contributed by atoms with van der Waals surface area (Å²) in [5, 5.41) is 2.83. The Balaban J connectivity index is 1.46. The Kier molecular flexibility index (Phi) is 4.72. The van der Waals surface area contributed by atoms with E-state index >= 15 is 0 Å². The van der Waals surface area contributed by atoms with Gasteiger partial charge in [0.25, 0.3) is 5.91 Å². The van der Waals surface area contributed by atoms with Crippen LogP contribution >= 0.6 is 0 Å². The average Bonchev–Trinajstić information content (AvgIpc) is 3.10. The number of nitrogens with one attached hydrogen (secondary N) is 1. The van der Waals surface area contributed by atoms with Gasteiger partial charge in [0, 0.05) is 35.5 Å². The van der Waals surface area contributed by atoms with Crippen molar-refractivity contribution < 1.29 is 9.53 Å². The first-order valence-electron chi connectivity index (χ1n) is 8.85. The number of nitrogens with zero attached hydrogens (tertiary/aromatic N) is 4. The third-order valence-electron chi connectivity index (χ3n) is 4.16. The Bertz CT molecular complexity index is 1150. The van der Waals surface area contributed by atoms with Crippen molar-refractivity contribution in [1.29, 1.82) is 0 Å². The van der Waals surface area contributed by atoms with Crippen molar-refractivity contribution in [3.63, 3.8) is 0 Å². The van der Waals surface area contributed by atoms with Gasteiger partial charge in [-0.15, -0.1) is 0 Å². The fraction of sp³-hybridized carbons (Fsp3) is 0.143. The number of imidazole rings is 1. The molecule has 1 aromatic carbocycles. The van der Waals surface area contributed by atoms with E-state index < -0.39 is 0 Å². The second-order valence-corrected chi connectivity index (χ2v) is 6.49. The zero-order valence-corrected chi connectivity index (χ0v) is 15.6. The van der Waals surface area contributed by atoms with Gasteiger partial charge >= 0.3 is 6.01 Å². The minimum atomic E-state index is -0.284. The van der Waals surface area contributed by atoms with Gasteiger partial charge in [-0.1, -0.05) is 12.1 Å². The number of pyridine rings is 1. The van der Waals surface area contributed by atoms with E-state index in [1.54, 1.807) is 12.3 Å². The lowest BCUT2D eigenvalue weighted by Gasteiger charge is -2.07.